The van der Waals surface area contributed by atoms with E-state index in [1.54, 1.807) is 0 Å². The summed E-state index contributed by atoms with van der Waals surface area (Å²) in [6.07, 6.45) is 3.61. The predicted octanol–water partition coefficient (Wildman–Crippen LogP) is 1.02. The first-order chi connectivity index (χ1) is 9.04. The first-order valence-corrected chi connectivity index (χ1v) is 7.05. The molecule has 0 aromatic carbocycles. The minimum atomic E-state index is -0.982. The van der Waals surface area contributed by atoms with E-state index >= 15 is 0 Å². The zero-order chi connectivity index (χ0) is 14.3. The van der Waals surface area contributed by atoms with Gasteiger partial charge in [-0.1, -0.05) is 13.3 Å². The van der Waals surface area contributed by atoms with E-state index in [-0.39, 0.29) is 0 Å². The molecule has 1 aliphatic rings. The molecule has 1 saturated heterocycles. The van der Waals surface area contributed by atoms with Gasteiger partial charge in [0.25, 0.3) is 0 Å². The summed E-state index contributed by atoms with van der Waals surface area (Å²) in [6, 6.07) is -0.901. The highest BCUT2D eigenvalue weighted by atomic mass is 16.4. The lowest BCUT2D eigenvalue weighted by Crippen LogP contribution is -2.49. The molecule has 0 bridgehead atoms. The topological polar surface area (TPSA) is 81.7 Å². The lowest BCUT2D eigenvalue weighted by atomic mass is 10.2. The third-order valence-electron chi connectivity index (χ3n) is 3.50. The Morgan fingerprint density at radius 3 is 2.47 bits per heavy atom. The third kappa shape index (κ3) is 5.46. The van der Waals surface area contributed by atoms with Gasteiger partial charge in [-0.05, 0) is 39.3 Å². The van der Waals surface area contributed by atoms with Gasteiger partial charge >= 0.3 is 12.0 Å². The monoisotopic (exact) mass is 271 g/mol. The Bertz CT molecular complexity index is 304. The van der Waals surface area contributed by atoms with Crippen LogP contribution in [-0.4, -0.2) is 53.7 Å². The van der Waals surface area contributed by atoms with Gasteiger partial charge in [-0.25, -0.2) is 9.59 Å². The number of aliphatic carboxylic acids is 1. The van der Waals surface area contributed by atoms with Crippen molar-refractivity contribution in [2.45, 2.75) is 51.6 Å². The maximum absolute atomic E-state index is 11.6. The predicted molar refractivity (Wildman–Crippen MR) is 73.1 cm³/mol. The minimum absolute atomic E-state index is 0.294. The molecule has 19 heavy (non-hydrogen) atoms. The van der Waals surface area contributed by atoms with Crippen molar-refractivity contribution in [1.82, 2.24) is 15.5 Å². The average molecular weight is 271 g/mol. The molecule has 1 fully saturated rings. The van der Waals surface area contributed by atoms with Gasteiger partial charge in [0.2, 0.25) is 0 Å². The number of carboxylic acid groups (broad SMARTS) is 1. The zero-order valence-electron chi connectivity index (χ0n) is 11.8. The van der Waals surface area contributed by atoms with Crippen molar-refractivity contribution in [2.24, 2.45) is 0 Å². The molecular weight excluding hydrogens is 246 g/mol. The summed E-state index contributed by atoms with van der Waals surface area (Å²) < 4.78 is 0. The van der Waals surface area contributed by atoms with E-state index in [4.69, 9.17) is 5.11 Å². The van der Waals surface area contributed by atoms with Crippen LogP contribution >= 0.6 is 0 Å². The molecule has 0 saturated carbocycles. The van der Waals surface area contributed by atoms with Crippen molar-refractivity contribution < 1.29 is 14.7 Å². The molecule has 6 nitrogen and oxygen atoms in total. The fourth-order valence-electron chi connectivity index (χ4n) is 2.31. The molecule has 0 radical (unpaired) electrons. The number of carbonyl (C=O) groups excluding carboxylic acids is 1. The molecule has 6 heteroatoms. The average Bonchev–Trinajstić information content (AvgIpc) is 2.89. The van der Waals surface area contributed by atoms with E-state index in [0.29, 0.717) is 19.0 Å². The first kappa shape index (κ1) is 15.8. The van der Waals surface area contributed by atoms with Gasteiger partial charge in [-0.3, -0.25) is 4.90 Å². The summed E-state index contributed by atoms with van der Waals surface area (Å²) in [4.78, 5) is 24.9. The number of urea groups is 1. The van der Waals surface area contributed by atoms with E-state index in [9.17, 15) is 9.59 Å². The quantitative estimate of drug-likeness (QED) is 0.646. The van der Waals surface area contributed by atoms with Crippen LogP contribution in [0.2, 0.25) is 0 Å². The summed E-state index contributed by atoms with van der Waals surface area (Å²) in [7, 11) is 0. The maximum Gasteiger partial charge on any atom is 0.326 e. The minimum Gasteiger partial charge on any atom is -0.480 e. The Balaban J connectivity index is 2.27. The number of nitrogens with zero attached hydrogens (tertiary/aromatic N) is 1. The van der Waals surface area contributed by atoms with Gasteiger partial charge in [0.1, 0.15) is 6.04 Å². The van der Waals surface area contributed by atoms with Crippen molar-refractivity contribution >= 4 is 12.0 Å². The van der Waals surface area contributed by atoms with Crippen LogP contribution in [0.3, 0.4) is 0 Å². The zero-order valence-corrected chi connectivity index (χ0v) is 11.8. The Kier molecular flexibility index (Phi) is 6.62. The SMILES string of the molecule is CCC[C@@H](NC(=O)NCC(C)N1CCCC1)C(=O)O. The van der Waals surface area contributed by atoms with Crippen LogP contribution < -0.4 is 10.6 Å². The largest absolute Gasteiger partial charge is 0.480 e. The molecule has 0 aromatic heterocycles. The number of nitrogens with one attached hydrogen (secondary N) is 2. The molecule has 0 aliphatic carbocycles. The van der Waals surface area contributed by atoms with Crippen LogP contribution in [0.5, 0.6) is 0 Å². The van der Waals surface area contributed by atoms with Crippen LogP contribution in [-0.2, 0) is 4.79 Å². The smallest absolute Gasteiger partial charge is 0.326 e. The Hall–Kier alpha value is -1.30. The molecule has 2 amide bonds. The number of hydrogen-bond donors (Lipinski definition) is 3. The molecule has 1 heterocycles. The van der Waals surface area contributed by atoms with Crippen LogP contribution in [0.25, 0.3) is 0 Å². The lowest BCUT2D eigenvalue weighted by Gasteiger charge is -2.24. The molecular formula is C13H25N3O3. The fourth-order valence-corrected chi connectivity index (χ4v) is 2.31. The second-order valence-corrected chi connectivity index (χ2v) is 5.13. The van der Waals surface area contributed by atoms with E-state index in [2.05, 4.69) is 22.5 Å². The summed E-state index contributed by atoms with van der Waals surface area (Å²) in [5.41, 5.74) is 0. The number of carboxylic acids is 1. The lowest BCUT2D eigenvalue weighted by molar-refractivity contribution is -0.139. The normalized spacial score (nSPS) is 18.8. The van der Waals surface area contributed by atoms with Crippen molar-refractivity contribution in [2.75, 3.05) is 19.6 Å². The third-order valence-corrected chi connectivity index (χ3v) is 3.50. The van der Waals surface area contributed by atoms with Gasteiger partial charge in [-0.15, -0.1) is 0 Å². The van der Waals surface area contributed by atoms with Gasteiger partial charge in [-0.2, -0.15) is 0 Å². The fraction of sp³-hybridized carbons (Fsp3) is 0.846. The molecule has 1 unspecified atom stereocenters. The number of carbonyl (C=O) groups is 2. The number of likely N-dealkylation sites (tertiary alicyclic amines) is 1. The maximum atomic E-state index is 11.6. The molecule has 0 aromatic rings. The van der Waals surface area contributed by atoms with Gasteiger partial charge in [0, 0.05) is 12.6 Å². The molecule has 1 aliphatic heterocycles. The second kappa shape index (κ2) is 7.99. The Labute approximate surface area is 114 Å². The summed E-state index contributed by atoms with van der Waals surface area (Å²) in [5.74, 6) is -0.982. The van der Waals surface area contributed by atoms with Crippen LogP contribution in [0.15, 0.2) is 0 Å². The molecule has 110 valence electrons. The number of hydrogen-bond acceptors (Lipinski definition) is 3. The summed E-state index contributed by atoms with van der Waals surface area (Å²) >= 11 is 0. The highest BCUT2D eigenvalue weighted by Crippen LogP contribution is 2.10. The molecule has 2 atom stereocenters. The van der Waals surface area contributed by atoms with Crippen molar-refractivity contribution in [3.8, 4) is 0 Å². The molecule has 3 N–H and O–H groups in total. The van der Waals surface area contributed by atoms with E-state index in [1.807, 2.05) is 6.92 Å². The first-order valence-electron chi connectivity index (χ1n) is 7.05. The molecule has 1 rings (SSSR count). The van der Waals surface area contributed by atoms with E-state index < -0.39 is 18.0 Å². The Morgan fingerprint density at radius 2 is 1.95 bits per heavy atom. The van der Waals surface area contributed by atoms with Crippen LogP contribution in [0, 0.1) is 0 Å². The van der Waals surface area contributed by atoms with E-state index in [1.165, 1.54) is 12.8 Å². The van der Waals surface area contributed by atoms with Crippen molar-refractivity contribution in [3.63, 3.8) is 0 Å². The Morgan fingerprint density at radius 1 is 1.32 bits per heavy atom. The van der Waals surface area contributed by atoms with Gasteiger partial charge in [0.15, 0.2) is 0 Å². The van der Waals surface area contributed by atoms with Gasteiger partial charge < -0.3 is 15.7 Å². The van der Waals surface area contributed by atoms with Crippen molar-refractivity contribution in [3.05, 3.63) is 0 Å². The van der Waals surface area contributed by atoms with Gasteiger partial charge in [0.05, 0.1) is 0 Å². The van der Waals surface area contributed by atoms with Crippen LogP contribution in [0.1, 0.15) is 39.5 Å². The summed E-state index contributed by atoms with van der Waals surface area (Å²) in [5, 5.41) is 14.2. The van der Waals surface area contributed by atoms with Crippen molar-refractivity contribution in [1.29, 1.82) is 0 Å². The van der Waals surface area contributed by atoms with E-state index in [0.717, 1.165) is 19.5 Å². The molecule has 0 spiro atoms. The standard InChI is InChI=1S/C13H25N3O3/c1-3-6-11(12(17)18)15-13(19)14-9-10(2)16-7-4-5-8-16/h10-11H,3-9H2,1-2H3,(H,17,18)(H2,14,15,19)/t10?,11-/m1/s1. The number of rotatable bonds is 7. The highest BCUT2D eigenvalue weighted by Gasteiger charge is 2.21. The van der Waals surface area contributed by atoms with Crippen LogP contribution in [0.4, 0.5) is 4.79 Å². The second-order valence-electron chi connectivity index (χ2n) is 5.13. The highest BCUT2D eigenvalue weighted by molar-refractivity contribution is 5.82. The number of amides is 2. The summed E-state index contributed by atoms with van der Waals surface area (Å²) in [6.45, 7) is 6.68.